The molecule has 2 aromatic heterocycles. The van der Waals surface area contributed by atoms with Gasteiger partial charge in [-0.3, -0.25) is 14.7 Å². The molecular weight excluding hydrogens is 468 g/mol. The smallest absolute Gasteiger partial charge is 0.282 e. The fourth-order valence-electron chi connectivity index (χ4n) is 5.56. The molecule has 4 heterocycles. The maximum atomic E-state index is 13.6. The van der Waals surface area contributed by atoms with E-state index in [2.05, 4.69) is 77.2 Å². The van der Waals surface area contributed by atoms with E-state index in [1.54, 1.807) is 0 Å². The first kappa shape index (κ1) is 21.2. The molecule has 1 amide bonds. The summed E-state index contributed by atoms with van der Waals surface area (Å²) in [6, 6.07) is 25.0. The van der Waals surface area contributed by atoms with Gasteiger partial charge < -0.3 is 10.0 Å². The highest BCUT2D eigenvalue weighted by Gasteiger charge is 2.44. The Morgan fingerprint density at radius 3 is 2.17 bits per heavy atom. The molecule has 7 rings (SSSR count). The number of anilines is 4. The summed E-state index contributed by atoms with van der Waals surface area (Å²) in [5.41, 5.74) is 5.64. The van der Waals surface area contributed by atoms with Crippen molar-refractivity contribution in [2.24, 2.45) is 0 Å². The van der Waals surface area contributed by atoms with Crippen LogP contribution in [0.2, 0.25) is 0 Å². The summed E-state index contributed by atoms with van der Waals surface area (Å²) < 4.78 is 1.03. The number of rotatable bonds is 2. The highest BCUT2D eigenvalue weighted by molar-refractivity contribution is 7.24. The number of fused-ring (bicyclic) bond motifs is 4. The zero-order valence-corrected chi connectivity index (χ0v) is 20.5. The first-order chi connectivity index (χ1) is 17.5. The Labute approximate surface area is 212 Å². The third-order valence-electron chi connectivity index (χ3n) is 7.27. The summed E-state index contributed by atoms with van der Waals surface area (Å²) in [5.74, 6) is -0.350. The number of carbonyl (C=O) groups excluding carboxylic acids is 1. The Balaban J connectivity index is 1.55. The van der Waals surface area contributed by atoms with Crippen LogP contribution in [-0.2, 0) is 5.41 Å². The molecule has 6 nitrogen and oxygen atoms in total. The molecule has 1 atom stereocenters. The van der Waals surface area contributed by atoms with E-state index in [1.165, 1.54) is 39.8 Å². The van der Waals surface area contributed by atoms with Crippen molar-refractivity contribution in [1.29, 1.82) is 0 Å². The van der Waals surface area contributed by atoms with Gasteiger partial charge in [0.15, 0.2) is 11.9 Å². The quantitative estimate of drug-likeness (QED) is 0.308. The Bertz CT molecular complexity index is 1640. The third-order valence-corrected chi connectivity index (χ3v) is 8.43. The minimum Gasteiger partial charge on any atom is -0.367 e. The zero-order valence-electron chi connectivity index (χ0n) is 19.7. The third kappa shape index (κ3) is 2.72. The van der Waals surface area contributed by atoms with Crippen molar-refractivity contribution in [3.8, 4) is 0 Å². The van der Waals surface area contributed by atoms with Crippen LogP contribution in [-0.4, -0.2) is 21.0 Å². The van der Waals surface area contributed by atoms with Crippen LogP contribution in [0.1, 0.15) is 47.4 Å². The largest absolute Gasteiger partial charge is 0.367 e. The molecule has 0 saturated carbocycles. The highest BCUT2D eigenvalue weighted by atomic mass is 32.1. The molecule has 0 bridgehead atoms. The molecule has 36 heavy (non-hydrogen) atoms. The van der Waals surface area contributed by atoms with Crippen LogP contribution in [0.25, 0.3) is 10.1 Å². The van der Waals surface area contributed by atoms with Crippen LogP contribution in [0.4, 0.5) is 22.1 Å². The molecule has 0 fully saturated rings. The van der Waals surface area contributed by atoms with Gasteiger partial charge in [-0.05, 0) is 29.3 Å². The van der Waals surface area contributed by atoms with Crippen LogP contribution in [0.15, 0.2) is 85.2 Å². The van der Waals surface area contributed by atoms with Gasteiger partial charge in [-0.1, -0.05) is 68.4 Å². The second-order valence-electron chi connectivity index (χ2n) is 9.59. The van der Waals surface area contributed by atoms with E-state index < -0.39 is 6.23 Å². The number of hydrogen-bond acceptors (Lipinski definition) is 6. The lowest BCUT2D eigenvalue weighted by molar-refractivity contribution is 0.0932. The summed E-state index contributed by atoms with van der Waals surface area (Å²) in [7, 11) is 0. The summed E-state index contributed by atoms with van der Waals surface area (Å²) in [6.07, 6.45) is 1.78. The van der Waals surface area contributed by atoms with Gasteiger partial charge in [0.2, 0.25) is 0 Å². The number of para-hydroxylation sites is 2. The fraction of sp³-hybridized carbons (Fsp3) is 0.138. The van der Waals surface area contributed by atoms with E-state index in [1.807, 2.05) is 24.3 Å². The van der Waals surface area contributed by atoms with E-state index >= 15 is 0 Å². The van der Waals surface area contributed by atoms with Gasteiger partial charge in [-0.15, -0.1) is 11.3 Å². The maximum Gasteiger partial charge on any atom is 0.282 e. The van der Waals surface area contributed by atoms with E-state index in [0.717, 1.165) is 27.1 Å². The number of aliphatic hydroxyl groups excluding tert-OH is 1. The molecule has 2 aliphatic heterocycles. The second-order valence-corrected chi connectivity index (χ2v) is 10.6. The minimum atomic E-state index is -1.21. The topological polar surface area (TPSA) is 69.6 Å². The van der Waals surface area contributed by atoms with Gasteiger partial charge in [0.25, 0.3) is 5.91 Å². The van der Waals surface area contributed by atoms with Crippen LogP contribution in [0.5, 0.6) is 0 Å². The van der Waals surface area contributed by atoms with Crippen molar-refractivity contribution in [3.05, 3.63) is 108 Å². The van der Waals surface area contributed by atoms with Gasteiger partial charge in [-0.2, -0.15) is 0 Å². The summed E-state index contributed by atoms with van der Waals surface area (Å²) in [4.78, 5) is 25.7. The van der Waals surface area contributed by atoms with Crippen molar-refractivity contribution in [3.63, 3.8) is 0 Å². The molecule has 5 aromatic rings. The summed E-state index contributed by atoms with van der Waals surface area (Å²) in [5, 5.41) is 13.0. The lowest BCUT2D eigenvalue weighted by atomic mass is 9.73. The van der Waals surface area contributed by atoms with Crippen molar-refractivity contribution in [2.75, 3.05) is 9.80 Å². The first-order valence-electron chi connectivity index (χ1n) is 11.8. The van der Waals surface area contributed by atoms with Gasteiger partial charge in [0.1, 0.15) is 10.7 Å². The summed E-state index contributed by atoms with van der Waals surface area (Å²) >= 11 is 1.49. The molecule has 1 unspecified atom stereocenters. The van der Waals surface area contributed by atoms with Crippen molar-refractivity contribution >= 4 is 49.4 Å². The van der Waals surface area contributed by atoms with Crippen LogP contribution in [0, 0.1) is 0 Å². The molecule has 0 aliphatic carbocycles. The molecular formula is C29H22N4O2S. The van der Waals surface area contributed by atoms with Crippen LogP contribution >= 0.6 is 11.3 Å². The maximum absolute atomic E-state index is 13.6. The number of aliphatic hydroxyl groups is 1. The predicted octanol–water partition coefficient (Wildman–Crippen LogP) is 6.45. The SMILES string of the molecule is CC1(C)c2ccccc2N(c2c(N3C(=O)c4nccnc4C3O)sc3ccccc23)c2ccccc21. The number of carbonyl (C=O) groups is 1. The molecule has 1 N–H and O–H groups in total. The average molecular weight is 491 g/mol. The standard InChI is InChI=1S/C29H22N4O2S/c1-29(2)18-10-4-6-12-20(18)32(21-13-7-5-11-19(21)29)25-17-9-3-8-14-22(17)36-28(25)33-26(34)23-24(27(33)35)31-16-15-30-23/h3-16,26,34H,1-2H3. The molecule has 0 spiro atoms. The Hall–Kier alpha value is -4.07. The zero-order chi connectivity index (χ0) is 24.6. The lowest BCUT2D eigenvalue weighted by Crippen LogP contribution is -2.32. The molecule has 3 aromatic carbocycles. The predicted molar refractivity (Wildman–Crippen MR) is 142 cm³/mol. The Kier molecular flexibility index (Phi) is 4.40. The van der Waals surface area contributed by atoms with E-state index in [4.69, 9.17) is 0 Å². The molecule has 0 saturated heterocycles. The molecule has 0 radical (unpaired) electrons. The van der Waals surface area contributed by atoms with E-state index in [9.17, 15) is 9.90 Å². The second kappa shape index (κ2) is 7.46. The molecule has 7 heteroatoms. The number of amides is 1. The van der Waals surface area contributed by atoms with Gasteiger partial charge in [-0.25, -0.2) is 4.98 Å². The number of nitrogens with zero attached hydrogens (tertiary/aromatic N) is 4. The Morgan fingerprint density at radius 2 is 1.47 bits per heavy atom. The van der Waals surface area contributed by atoms with Crippen LogP contribution in [0.3, 0.4) is 0 Å². The van der Waals surface area contributed by atoms with Gasteiger partial charge >= 0.3 is 0 Å². The van der Waals surface area contributed by atoms with Crippen molar-refractivity contribution < 1.29 is 9.90 Å². The highest BCUT2D eigenvalue weighted by Crippen LogP contribution is 2.58. The van der Waals surface area contributed by atoms with Crippen molar-refractivity contribution in [2.45, 2.75) is 25.5 Å². The van der Waals surface area contributed by atoms with E-state index in [-0.39, 0.29) is 22.7 Å². The minimum absolute atomic E-state index is 0.189. The monoisotopic (exact) mass is 490 g/mol. The average Bonchev–Trinajstić information content (AvgIpc) is 3.39. The number of benzene rings is 3. The number of hydrogen-bond donors (Lipinski definition) is 1. The van der Waals surface area contributed by atoms with E-state index in [0.29, 0.717) is 5.00 Å². The molecule has 176 valence electrons. The van der Waals surface area contributed by atoms with Crippen LogP contribution < -0.4 is 9.80 Å². The lowest BCUT2D eigenvalue weighted by Gasteiger charge is -2.42. The summed E-state index contributed by atoms with van der Waals surface area (Å²) in [6.45, 7) is 4.49. The molecule has 2 aliphatic rings. The van der Waals surface area contributed by atoms with Gasteiger partial charge in [0, 0.05) is 27.9 Å². The number of thiophene rings is 1. The van der Waals surface area contributed by atoms with Gasteiger partial charge in [0.05, 0.1) is 17.1 Å². The Morgan fingerprint density at radius 1 is 0.861 bits per heavy atom. The fourth-order valence-corrected chi connectivity index (χ4v) is 6.77. The normalized spacial score (nSPS) is 17.8. The first-order valence-corrected chi connectivity index (χ1v) is 12.6. The van der Waals surface area contributed by atoms with Crippen molar-refractivity contribution in [1.82, 2.24) is 9.97 Å². The number of aromatic nitrogens is 2.